The van der Waals surface area contributed by atoms with Crippen LogP contribution in [0.2, 0.25) is 5.02 Å². The third kappa shape index (κ3) is 3.90. The van der Waals surface area contributed by atoms with E-state index in [-0.39, 0.29) is 29.6 Å². The molecule has 0 unspecified atom stereocenters. The summed E-state index contributed by atoms with van der Waals surface area (Å²) in [5.74, 6) is 4.26. The summed E-state index contributed by atoms with van der Waals surface area (Å²) in [6, 6.07) is 8.99. The van der Waals surface area contributed by atoms with E-state index in [1.165, 1.54) is 17.3 Å². The van der Waals surface area contributed by atoms with Crippen LogP contribution in [0, 0.1) is 11.8 Å². The van der Waals surface area contributed by atoms with E-state index in [0.717, 1.165) is 0 Å². The van der Waals surface area contributed by atoms with E-state index >= 15 is 0 Å². The standard InChI is InChI=1S/C23H19ClN4O3/c1-2-6-18-20-19(17(24)14-25-18)16(13-26-20)21(29)23(31)28-11-9-27(10-12-28)22(30)15-7-4-3-5-8-15/h3-5,7-8,13-14,26H,9-12H2,1H3. The lowest BCUT2D eigenvalue weighted by Crippen LogP contribution is -2.52. The molecule has 1 N–H and O–H groups in total. The molecule has 1 aliphatic rings. The third-order valence-electron chi connectivity index (χ3n) is 5.22. The van der Waals surface area contributed by atoms with E-state index in [9.17, 15) is 14.4 Å². The Labute approximate surface area is 184 Å². The Morgan fingerprint density at radius 1 is 1.06 bits per heavy atom. The van der Waals surface area contributed by atoms with Gasteiger partial charge in [-0.25, -0.2) is 4.98 Å². The van der Waals surface area contributed by atoms with Crippen molar-refractivity contribution in [3.8, 4) is 11.8 Å². The molecular formula is C23H19ClN4O3. The highest BCUT2D eigenvalue weighted by molar-refractivity contribution is 6.47. The molecule has 1 fully saturated rings. The number of nitrogens with one attached hydrogen (secondary N) is 1. The second-order valence-electron chi connectivity index (χ2n) is 7.06. The summed E-state index contributed by atoms with van der Waals surface area (Å²) < 4.78 is 0. The van der Waals surface area contributed by atoms with Crippen LogP contribution in [0.4, 0.5) is 0 Å². The fourth-order valence-corrected chi connectivity index (χ4v) is 3.88. The number of carbonyl (C=O) groups excluding carboxylic acids is 3. The molecule has 1 aromatic carbocycles. The van der Waals surface area contributed by atoms with Crippen molar-refractivity contribution in [1.82, 2.24) is 19.8 Å². The number of hydrogen-bond acceptors (Lipinski definition) is 4. The van der Waals surface area contributed by atoms with Crippen molar-refractivity contribution in [3.63, 3.8) is 0 Å². The molecule has 0 radical (unpaired) electrons. The maximum atomic E-state index is 13.0. The quantitative estimate of drug-likeness (QED) is 0.390. The van der Waals surface area contributed by atoms with E-state index < -0.39 is 11.7 Å². The monoisotopic (exact) mass is 434 g/mol. The highest BCUT2D eigenvalue weighted by Crippen LogP contribution is 2.28. The zero-order chi connectivity index (χ0) is 22.0. The Morgan fingerprint density at radius 3 is 2.42 bits per heavy atom. The highest BCUT2D eigenvalue weighted by atomic mass is 35.5. The van der Waals surface area contributed by atoms with E-state index in [1.54, 1.807) is 24.0 Å². The minimum absolute atomic E-state index is 0.0838. The molecule has 3 aromatic rings. The van der Waals surface area contributed by atoms with Crippen LogP contribution in [0.1, 0.15) is 33.3 Å². The number of rotatable bonds is 3. The summed E-state index contributed by atoms with van der Waals surface area (Å²) >= 11 is 6.27. The van der Waals surface area contributed by atoms with Crippen LogP contribution < -0.4 is 0 Å². The van der Waals surface area contributed by atoms with Crippen LogP contribution in [0.25, 0.3) is 10.9 Å². The van der Waals surface area contributed by atoms with E-state index in [1.807, 2.05) is 18.2 Å². The molecule has 0 bridgehead atoms. The Kier molecular flexibility index (Phi) is 5.74. The van der Waals surface area contributed by atoms with Crippen molar-refractivity contribution >= 4 is 40.1 Å². The van der Waals surface area contributed by atoms with Gasteiger partial charge in [0.05, 0.1) is 16.1 Å². The smallest absolute Gasteiger partial charge is 0.295 e. The number of hydrogen-bond donors (Lipinski definition) is 1. The number of benzene rings is 1. The number of halogens is 1. The SMILES string of the molecule is CC#Cc1ncc(Cl)c2c(C(=O)C(=O)N3CCN(C(=O)c4ccccc4)CC3)c[nH]c12. The van der Waals surface area contributed by atoms with Crippen molar-refractivity contribution in [1.29, 1.82) is 0 Å². The van der Waals surface area contributed by atoms with Crippen LogP contribution >= 0.6 is 11.6 Å². The van der Waals surface area contributed by atoms with Gasteiger partial charge in [0.15, 0.2) is 0 Å². The maximum absolute atomic E-state index is 13.0. The Balaban J connectivity index is 1.50. The van der Waals surface area contributed by atoms with Gasteiger partial charge < -0.3 is 14.8 Å². The normalized spacial score (nSPS) is 13.6. The molecule has 0 aliphatic carbocycles. The number of piperazine rings is 1. The number of H-pyrrole nitrogens is 1. The first-order chi connectivity index (χ1) is 15.0. The van der Waals surface area contributed by atoms with Gasteiger partial charge in [-0.2, -0.15) is 0 Å². The molecular weight excluding hydrogens is 416 g/mol. The molecule has 2 amide bonds. The fourth-order valence-electron chi connectivity index (χ4n) is 3.64. The molecule has 31 heavy (non-hydrogen) atoms. The molecule has 1 saturated heterocycles. The van der Waals surface area contributed by atoms with Gasteiger partial charge in [0.2, 0.25) is 0 Å². The number of amides is 2. The summed E-state index contributed by atoms with van der Waals surface area (Å²) in [6.07, 6.45) is 2.89. The molecule has 4 rings (SSSR count). The maximum Gasteiger partial charge on any atom is 0.295 e. The summed E-state index contributed by atoms with van der Waals surface area (Å²) in [4.78, 5) is 48.7. The Bertz CT molecular complexity index is 1230. The van der Waals surface area contributed by atoms with Crippen LogP contribution in [0.15, 0.2) is 42.7 Å². The molecule has 3 heterocycles. The number of aromatic amines is 1. The lowest BCUT2D eigenvalue weighted by atomic mass is 10.1. The summed E-state index contributed by atoms with van der Waals surface area (Å²) in [7, 11) is 0. The number of nitrogens with zero attached hydrogens (tertiary/aromatic N) is 3. The third-order valence-corrected chi connectivity index (χ3v) is 5.51. The predicted molar refractivity (Wildman–Crippen MR) is 117 cm³/mol. The van der Waals surface area contributed by atoms with Gasteiger partial charge in [-0.15, -0.1) is 0 Å². The van der Waals surface area contributed by atoms with Crippen molar-refractivity contribution in [2.24, 2.45) is 0 Å². The number of carbonyl (C=O) groups is 3. The molecule has 0 saturated carbocycles. The van der Waals surface area contributed by atoms with Crippen molar-refractivity contribution in [2.75, 3.05) is 26.2 Å². The summed E-state index contributed by atoms with van der Waals surface area (Å²) in [6.45, 7) is 2.98. The Morgan fingerprint density at radius 2 is 1.74 bits per heavy atom. The van der Waals surface area contributed by atoms with Gasteiger partial charge >= 0.3 is 0 Å². The van der Waals surface area contributed by atoms with Gasteiger partial charge in [0.25, 0.3) is 17.6 Å². The Hall–Kier alpha value is -3.63. The summed E-state index contributed by atoms with van der Waals surface area (Å²) in [5.41, 5.74) is 1.78. The van der Waals surface area contributed by atoms with Gasteiger partial charge in [-0.1, -0.05) is 35.7 Å². The first-order valence-electron chi connectivity index (χ1n) is 9.77. The summed E-state index contributed by atoms with van der Waals surface area (Å²) in [5, 5.41) is 0.706. The van der Waals surface area contributed by atoms with Gasteiger partial charge in [0.1, 0.15) is 5.69 Å². The van der Waals surface area contributed by atoms with Gasteiger partial charge in [-0.05, 0) is 25.0 Å². The number of ketones is 1. The minimum atomic E-state index is -0.655. The number of aromatic nitrogens is 2. The molecule has 156 valence electrons. The molecule has 0 spiro atoms. The number of Topliss-reactive ketones (excluding diaryl/α,β-unsaturated/α-hetero) is 1. The highest BCUT2D eigenvalue weighted by Gasteiger charge is 2.30. The van der Waals surface area contributed by atoms with Crippen molar-refractivity contribution in [3.05, 3.63) is 64.6 Å². The largest absolute Gasteiger partial charge is 0.358 e. The first-order valence-corrected chi connectivity index (χ1v) is 10.1. The minimum Gasteiger partial charge on any atom is -0.358 e. The topological polar surface area (TPSA) is 86.4 Å². The van der Waals surface area contributed by atoms with Crippen LogP contribution in [0.5, 0.6) is 0 Å². The molecule has 2 aromatic heterocycles. The van der Waals surface area contributed by atoms with Gasteiger partial charge in [-0.3, -0.25) is 14.4 Å². The van der Waals surface area contributed by atoms with Crippen molar-refractivity contribution in [2.45, 2.75) is 6.92 Å². The second-order valence-corrected chi connectivity index (χ2v) is 7.47. The zero-order valence-electron chi connectivity index (χ0n) is 16.8. The van der Waals surface area contributed by atoms with E-state index in [4.69, 9.17) is 11.6 Å². The number of fused-ring (bicyclic) bond motifs is 1. The van der Waals surface area contributed by atoms with E-state index in [2.05, 4.69) is 21.8 Å². The van der Waals surface area contributed by atoms with Gasteiger partial charge in [0, 0.05) is 49.5 Å². The number of pyridine rings is 1. The van der Waals surface area contributed by atoms with E-state index in [0.29, 0.717) is 35.2 Å². The van der Waals surface area contributed by atoms with Crippen LogP contribution in [0.3, 0.4) is 0 Å². The molecule has 1 aliphatic heterocycles. The van der Waals surface area contributed by atoms with Crippen LogP contribution in [-0.2, 0) is 4.79 Å². The fraction of sp³-hybridized carbons (Fsp3) is 0.217. The van der Waals surface area contributed by atoms with Crippen LogP contribution in [-0.4, -0.2) is 63.5 Å². The van der Waals surface area contributed by atoms with Crippen molar-refractivity contribution < 1.29 is 14.4 Å². The lowest BCUT2D eigenvalue weighted by Gasteiger charge is -2.34. The average Bonchev–Trinajstić information content (AvgIpc) is 3.26. The lowest BCUT2D eigenvalue weighted by molar-refractivity contribution is -0.127. The first kappa shape index (κ1) is 20.6. The zero-order valence-corrected chi connectivity index (χ0v) is 17.6. The molecule has 8 heteroatoms. The second kappa shape index (κ2) is 8.62. The molecule has 7 nitrogen and oxygen atoms in total. The predicted octanol–water partition coefficient (Wildman–Crippen LogP) is 2.76. The molecule has 0 atom stereocenters. The average molecular weight is 435 g/mol.